The van der Waals surface area contributed by atoms with E-state index in [-0.39, 0.29) is 11.6 Å². The first kappa shape index (κ1) is 18.2. The number of amides is 1. The molecule has 0 aliphatic heterocycles. The van der Waals surface area contributed by atoms with E-state index in [9.17, 15) is 4.79 Å². The zero-order valence-electron chi connectivity index (χ0n) is 14.4. The van der Waals surface area contributed by atoms with Crippen molar-refractivity contribution in [1.29, 1.82) is 5.26 Å². The van der Waals surface area contributed by atoms with Crippen LogP contribution in [0.15, 0.2) is 60.8 Å². The Balaban J connectivity index is 1.66. The lowest BCUT2D eigenvalue weighted by molar-refractivity contribution is 0.102. The molecule has 1 amide bonds. The van der Waals surface area contributed by atoms with Crippen molar-refractivity contribution in [2.75, 3.05) is 17.7 Å². The highest BCUT2D eigenvalue weighted by atomic mass is 35.5. The Morgan fingerprint density at radius 1 is 1.07 bits per heavy atom. The summed E-state index contributed by atoms with van der Waals surface area (Å²) in [6, 6.07) is 17.5. The second-order valence-electron chi connectivity index (χ2n) is 5.55. The van der Waals surface area contributed by atoms with Crippen LogP contribution in [0, 0.1) is 11.3 Å². The highest BCUT2D eigenvalue weighted by Gasteiger charge is 2.09. The largest absolute Gasteiger partial charge is 0.495 e. The van der Waals surface area contributed by atoms with Gasteiger partial charge in [0.25, 0.3) is 5.91 Å². The maximum Gasteiger partial charge on any atom is 0.274 e. The predicted octanol–water partition coefficient (Wildman–Crippen LogP) is 4.61. The van der Waals surface area contributed by atoms with Gasteiger partial charge in [0.15, 0.2) is 0 Å². The van der Waals surface area contributed by atoms with Crippen molar-refractivity contribution >= 4 is 34.6 Å². The number of pyridine rings is 1. The molecule has 27 heavy (non-hydrogen) atoms. The minimum absolute atomic E-state index is 0.271. The van der Waals surface area contributed by atoms with E-state index in [2.05, 4.69) is 21.7 Å². The molecule has 0 saturated carbocycles. The van der Waals surface area contributed by atoms with Gasteiger partial charge in [-0.1, -0.05) is 11.6 Å². The molecule has 3 rings (SSSR count). The van der Waals surface area contributed by atoms with E-state index in [4.69, 9.17) is 21.6 Å². The van der Waals surface area contributed by atoms with E-state index in [0.717, 1.165) is 11.4 Å². The average molecular weight is 379 g/mol. The quantitative estimate of drug-likeness (QED) is 0.676. The monoisotopic (exact) mass is 378 g/mol. The van der Waals surface area contributed by atoms with Crippen molar-refractivity contribution in [3.8, 4) is 11.8 Å². The summed E-state index contributed by atoms with van der Waals surface area (Å²) in [5, 5.41) is 15.1. The highest BCUT2D eigenvalue weighted by molar-refractivity contribution is 6.32. The van der Waals surface area contributed by atoms with Crippen molar-refractivity contribution in [1.82, 2.24) is 4.98 Å². The number of nitrogens with one attached hydrogen (secondary N) is 2. The minimum atomic E-state index is -0.346. The van der Waals surface area contributed by atoms with Crippen LogP contribution in [0.2, 0.25) is 5.02 Å². The van der Waals surface area contributed by atoms with Crippen molar-refractivity contribution in [3.05, 3.63) is 77.1 Å². The van der Waals surface area contributed by atoms with Crippen LogP contribution in [-0.2, 0) is 0 Å². The topological polar surface area (TPSA) is 87.0 Å². The van der Waals surface area contributed by atoms with Crippen molar-refractivity contribution in [3.63, 3.8) is 0 Å². The highest BCUT2D eigenvalue weighted by Crippen LogP contribution is 2.27. The first-order valence-electron chi connectivity index (χ1n) is 7.97. The molecule has 0 radical (unpaired) electrons. The molecule has 0 aliphatic rings. The molecular weight excluding hydrogens is 364 g/mol. The van der Waals surface area contributed by atoms with Gasteiger partial charge < -0.3 is 15.4 Å². The summed E-state index contributed by atoms with van der Waals surface area (Å²) in [5.41, 5.74) is 2.95. The van der Waals surface area contributed by atoms with E-state index in [1.165, 1.54) is 7.11 Å². The predicted molar refractivity (Wildman–Crippen MR) is 105 cm³/mol. The van der Waals surface area contributed by atoms with Crippen LogP contribution in [0.25, 0.3) is 0 Å². The molecule has 7 heteroatoms. The lowest BCUT2D eigenvalue weighted by Gasteiger charge is -2.09. The Bertz CT molecular complexity index is 996. The van der Waals surface area contributed by atoms with E-state index < -0.39 is 0 Å². The molecule has 0 atom stereocenters. The number of rotatable bonds is 5. The third kappa shape index (κ3) is 4.54. The van der Waals surface area contributed by atoms with Gasteiger partial charge in [0.1, 0.15) is 11.4 Å². The molecule has 2 aromatic carbocycles. The second kappa shape index (κ2) is 8.21. The fourth-order valence-electron chi connectivity index (χ4n) is 2.34. The SMILES string of the molecule is COc1ccc(NC(=O)c2ccc(Nc3ccc(C#N)cc3)cn2)cc1Cl. The molecule has 0 aliphatic carbocycles. The van der Waals surface area contributed by atoms with Gasteiger partial charge in [-0.3, -0.25) is 4.79 Å². The molecule has 134 valence electrons. The number of carbonyl (C=O) groups is 1. The standard InChI is InChI=1S/C20H15ClN4O2/c1-27-19-9-7-15(10-17(19)21)25-20(26)18-8-6-16(12-23-18)24-14-4-2-13(11-22)3-5-14/h2-10,12,24H,1H3,(H,25,26). The molecule has 6 nitrogen and oxygen atoms in total. The summed E-state index contributed by atoms with van der Waals surface area (Å²) >= 11 is 6.06. The zero-order chi connectivity index (χ0) is 19.2. The minimum Gasteiger partial charge on any atom is -0.495 e. The lowest BCUT2D eigenvalue weighted by atomic mass is 10.2. The molecule has 3 aromatic rings. The van der Waals surface area contributed by atoms with E-state index in [0.29, 0.717) is 22.0 Å². The van der Waals surface area contributed by atoms with Crippen LogP contribution >= 0.6 is 11.6 Å². The van der Waals surface area contributed by atoms with Gasteiger partial charge in [-0.05, 0) is 54.6 Å². The Labute approximate surface area is 161 Å². The third-order valence-corrected chi connectivity index (χ3v) is 4.00. The van der Waals surface area contributed by atoms with E-state index in [1.807, 2.05) is 0 Å². The number of methoxy groups -OCH3 is 1. The normalized spacial score (nSPS) is 9.96. The number of anilines is 3. The number of ether oxygens (including phenoxy) is 1. The Morgan fingerprint density at radius 2 is 1.78 bits per heavy atom. The number of nitrogens with zero attached hydrogens (tertiary/aromatic N) is 2. The number of halogens is 1. The molecule has 0 unspecified atom stereocenters. The molecule has 2 N–H and O–H groups in total. The molecule has 1 heterocycles. The second-order valence-corrected chi connectivity index (χ2v) is 5.96. The van der Waals surface area contributed by atoms with Gasteiger partial charge >= 0.3 is 0 Å². The van der Waals surface area contributed by atoms with E-state index in [1.54, 1.807) is 60.8 Å². The van der Waals surface area contributed by atoms with Crippen LogP contribution in [0.3, 0.4) is 0 Å². The Kier molecular flexibility index (Phi) is 5.55. The number of aromatic nitrogens is 1. The molecule has 0 spiro atoms. The fraction of sp³-hybridized carbons (Fsp3) is 0.0500. The molecule has 1 aromatic heterocycles. The summed E-state index contributed by atoms with van der Waals surface area (Å²) in [6.07, 6.45) is 1.56. The molecule has 0 bridgehead atoms. The van der Waals surface area contributed by atoms with Gasteiger partial charge in [0, 0.05) is 11.4 Å². The maximum absolute atomic E-state index is 12.3. The number of nitriles is 1. The zero-order valence-corrected chi connectivity index (χ0v) is 15.1. The van der Waals surface area contributed by atoms with Gasteiger partial charge in [-0.25, -0.2) is 4.98 Å². The molecule has 0 fully saturated rings. The number of hydrogen-bond acceptors (Lipinski definition) is 5. The first-order valence-corrected chi connectivity index (χ1v) is 8.35. The van der Waals surface area contributed by atoms with Crippen molar-refractivity contribution < 1.29 is 9.53 Å². The number of benzene rings is 2. The summed E-state index contributed by atoms with van der Waals surface area (Å²) < 4.78 is 5.08. The van der Waals surface area contributed by atoms with E-state index >= 15 is 0 Å². The smallest absolute Gasteiger partial charge is 0.274 e. The first-order chi connectivity index (χ1) is 13.1. The van der Waals surface area contributed by atoms with Crippen LogP contribution in [-0.4, -0.2) is 18.0 Å². The summed E-state index contributed by atoms with van der Waals surface area (Å²) in [5.74, 6) is 0.187. The third-order valence-electron chi connectivity index (χ3n) is 3.71. The fourth-order valence-corrected chi connectivity index (χ4v) is 2.59. The Hall–Kier alpha value is -3.56. The van der Waals surface area contributed by atoms with Crippen LogP contribution < -0.4 is 15.4 Å². The number of carbonyl (C=O) groups excluding carboxylic acids is 1. The van der Waals surface area contributed by atoms with Crippen molar-refractivity contribution in [2.24, 2.45) is 0 Å². The van der Waals surface area contributed by atoms with Crippen LogP contribution in [0.1, 0.15) is 16.1 Å². The van der Waals surface area contributed by atoms with Gasteiger partial charge in [0.05, 0.1) is 35.6 Å². The molecular formula is C20H15ClN4O2. The van der Waals surface area contributed by atoms with Gasteiger partial charge in [0.2, 0.25) is 0 Å². The summed E-state index contributed by atoms with van der Waals surface area (Å²) in [4.78, 5) is 16.5. The van der Waals surface area contributed by atoms with Crippen LogP contribution in [0.5, 0.6) is 5.75 Å². The summed E-state index contributed by atoms with van der Waals surface area (Å²) in [6.45, 7) is 0. The number of hydrogen-bond donors (Lipinski definition) is 2. The van der Waals surface area contributed by atoms with Crippen molar-refractivity contribution in [2.45, 2.75) is 0 Å². The molecule has 0 saturated heterocycles. The Morgan fingerprint density at radius 3 is 2.37 bits per heavy atom. The lowest BCUT2D eigenvalue weighted by Crippen LogP contribution is -2.13. The summed E-state index contributed by atoms with van der Waals surface area (Å²) in [7, 11) is 1.52. The average Bonchev–Trinajstić information content (AvgIpc) is 2.69. The van der Waals surface area contributed by atoms with Gasteiger partial charge in [-0.2, -0.15) is 5.26 Å². The maximum atomic E-state index is 12.3. The van der Waals surface area contributed by atoms with Crippen LogP contribution in [0.4, 0.5) is 17.1 Å². The van der Waals surface area contributed by atoms with Gasteiger partial charge in [-0.15, -0.1) is 0 Å².